The minimum atomic E-state index is -4.29. The normalized spacial score (nSPS) is 11.3. The fraction of sp³-hybridized carbons (Fsp3) is 0.458. The number of rotatable bonds is 12. The number of amides is 1. The first kappa shape index (κ1) is 23.8. The zero-order valence-corrected chi connectivity index (χ0v) is 17.5. The standard InChI is InChI=1S/C24H31F3N2O/c1-2-3-4-5-6-9-23(30)29-22-16-14-21(15-17-22)28-18-7-8-19-10-12-20(13-11-19)24(25,26)27/h10-17,28H,2-9,18H2,1H3,(H,29,30). The fourth-order valence-electron chi connectivity index (χ4n) is 3.17. The van der Waals surface area contributed by atoms with Gasteiger partial charge in [0.25, 0.3) is 0 Å². The van der Waals surface area contributed by atoms with Crippen LogP contribution in [0.25, 0.3) is 0 Å². The molecule has 164 valence electrons. The summed E-state index contributed by atoms with van der Waals surface area (Å²) in [6, 6.07) is 12.9. The molecule has 3 nitrogen and oxygen atoms in total. The third-order valence-electron chi connectivity index (χ3n) is 4.93. The highest BCUT2D eigenvalue weighted by Crippen LogP contribution is 2.29. The summed E-state index contributed by atoms with van der Waals surface area (Å²) < 4.78 is 37.7. The molecule has 0 fully saturated rings. The molecule has 0 radical (unpaired) electrons. The zero-order valence-electron chi connectivity index (χ0n) is 17.5. The van der Waals surface area contributed by atoms with Crippen molar-refractivity contribution in [1.82, 2.24) is 0 Å². The van der Waals surface area contributed by atoms with Crippen molar-refractivity contribution in [3.63, 3.8) is 0 Å². The van der Waals surface area contributed by atoms with Crippen molar-refractivity contribution in [2.45, 2.75) is 64.5 Å². The number of nitrogens with one attached hydrogen (secondary N) is 2. The lowest BCUT2D eigenvalue weighted by Crippen LogP contribution is -2.11. The maximum absolute atomic E-state index is 12.6. The van der Waals surface area contributed by atoms with Crippen molar-refractivity contribution >= 4 is 17.3 Å². The molecule has 6 heteroatoms. The van der Waals surface area contributed by atoms with Crippen molar-refractivity contribution in [2.24, 2.45) is 0 Å². The monoisotopic (exact) mass is 420 g/mol. The van der Waals surface area contributed by atoms with E-state index in [0.29, 0.717) is 19.4 Å². The van der Waals surface area contributed by atoms with Gasteiger partial charge in [-0.3, -0.25) is 4.79 Å². The Balaban J connectivity index is 1.65. The lowest BCUT2D eigenvalue weighted by Gasteiger charge is -2.10. The molecule has 2 N–H and O–H groups in total. The van der Waals surface area contributed by atoms with Crippen LogP contribution >= 0.6 is 0 Å². The first-order valence-corrected chi connectivity index (χ1v) is 10.7. The van der Waals surface area contributed by atoms with Gasteiger partial charge in [0.05, 0.1) is 5.56 Å². The van der Waals surface area contributed by atoms with Gasteiger partial charge in [-0.15, -0.1) is 0 Å². The van der Waals surface area contributed by atoms with E-state index >= 15 is 0 Å². The molecular weight excluding hydrogens is 389 g/mol. The van der Waals surface area contributed by atoms with Crippen molar-refractivity contribution in [3.8, 4) is 0 Å². The number of hydrogen-bond acceptors (Lipinski definition) is 2. The van der Waals surface area contributed by atoms with Crippen LogP contribution in [0.3, 0.4) is 0 Å². The summed E-state index contributed by atoms with van der Waals surface area (Å²) >= 11 is 0. The van der Waals surface area contributed by atoms with E-state index < -0.39 is 11.7 Å². The van der Waals surface area contributed by atoms with Gasteiger partial charge < -0.3 is 10.6 Å². The van der Waals surface area contributed by atoms with Crippen LogP contribution in [0.1, 0.15) is 63.0 Å². The third kappa shape index (κ3) is 8.89. The smallest absolute Gasteiger partial charge is 0.385 e. The molecule has 1 amide bonds. The second-order valence-electron chi connectivity index (χ2n) is 7.51. The molecule has 0 aliphatic heterocycles. The molecule has 0 heterocycles. The van der Waals surface area contributed by atoms with E-state index in [-0.39, 0.29) is 5.91 Å². The van der Waals surface area contributed by atoms with Gasteiger partial charge in [-0.05, 0) is 61.2 Å². The number of unbranched alkanes of at least 4 members (excludes halogenated alkanes) is 4. The van der Waals surface area contributed by atoms with Gasteiger partial charge in [0, 0.05) is 24.3 Å². The average Bonchev–Trinajstić information content (AvgIpc) is 2.72. The highest BCUT2D eigenvalue weighted by Gasteiger charge is 2.29. The van der Waals surface area contributed by atoms with E-state index in [9.17, 15) is 18.0 Å². The number of halogens is 3. The molecule has 0 aliphatic carbocycles. The van der Waals surface area contributed by atoms with E-state index in [0.717, 1.165) is 48.3 Å². The lowest BCUT2D eigenvalue weighted by molar-refractivity contribution is -0.137. The Morgan fingerprint density at radius 3 is 2.10 bits per heavy atom. The van der Waals surface area contributed by atoms with E-state index in [1.54, 1.807) is 0 Å². The van der Waals surface area contributed by atoms with Gasteiger partial charge in [0.1, 0.15) is 0 Å². The molecule has 0 bridgehead atoms. The van der Waals surface area contributed by atoms with E-state index in [1.165, 1.54) is 31.4 Å². The second kappa shape index (κ2) is 12.3. The van der Waals surface area contributed by atoms with Gasteiger partial charge in [-0.1, -0.05) is 44.7 Å². The Hall–Kier alpha value is -2.50. The topological polar surface area (TPSA) is 41.1 Å². The molecule has 0 saturated carbocycles. The molecule has 2 aromatic rings. The number of hydrogen-bond donors (Lipinski definition) is 2. The summed E-state index contributed by atoms with van der Waals surface area (Å²) in [4.78, 5) is 12.0. The van der Waals surface area contributed by atoms with Crippen LogP contribution in [0.4, 0.5) is 24.5 Å². The first-order chi connectivity index (χ1) is 14.4. The van der Waals surface area contributed by atoms with Crippen molar-refractivity contribution in [1.29, 1.82) is 0 Å². The number of benzene rings is 2. The maximum atomic E-state index is 12.6. The molecule has 2 aromatic carbocycles. The van der Waals surface area contributed by atoms with E-state index in [4.69, 9.17) is 0 Å². The van der Waals surface area contributed by atoms with Gasteiger partial charge in [-0.2, -0.15) is 13.2 Å². The summed E-state index contributed by atoms with van der Waals surface area (Å²) in [6.07, 6.45) is 3.39. The number of anilines is 2. The minimum Gasteiger partial charge on any atom is -0.385 e. The zero-order chi connectivity index (χ0) is 21.8. The van der Waals surface area contributed by atoms with Crippen molar-refractivity contribution in [2.75, 3.05) is 17.2 Å². The Morgan fingerprint density at radius 1 is 0.833 bits per heavy atom. The van der Waals surface area contributed by atoms with Crippen LogP contribution in [0, 0.1) is 0 Å². The summed E-state index contributed by atoms with van der Waals surface area (Å²) in [6.45, 7) is 2.88. The van der Waals surface area contributed by atoms with E-state index in [2.05, 4.69) is 17.6 Å². The fourth-order valence-corrected chi connectivity index (χ4v) is 3.17. The summed E-state index contributed by atoms with van der Waals surface area (Å²) in [7, 11) is 0. The van der Waals surface area contributed by atoms with Gasteiger partial charge in [0.15, 0.2) is 0 Å². The molecule has 2 rings (SSSR count). The molecule has 0 atom stereocenters. The number of carbonyl (C=O) groups is 1. The molecule has 0 aliphatic rings. The SMILES string of the molecule is CCCCCCCC(=O)Nc1ccc(NCCCc2ccc(C(F)(F)F)cc2)cc1. The second-order valence-corrected chi connectivity index (χ2v) is 7.51. The molecule has 0 saturated heterocycles. The van der Waals surface area contributed by atoms with E-state index in [1.807, 2.05) is 24.3 Å². The van der Waals surface area contributed by atoms with Crippen LogP contribution < -0.4 is 10.6 Å². The van der Waals surface area contributed by atoms with Crippen LogP contribution in [-0.2, 0) is 17.4 Å². The Kier molecular flexibility index (Phi) is 9.71. The molecule has 0 unspecified atom stereocenters. The predicted molar refractivity (Wildman–Crippen MR) is 117 cm³/mol. The molecular formula is C24H31F3N2O. The molecule has 0 spiro atoms. The first-order valence-electron chi connectivity index (χ1n) is 10.7. The average molecular weight is 421 g/mol. The van der Waals surface area contributed by atoms with Gasteiger partial charge in [0.2, 0.25) is 5.91 Å². The Bertz CT molecular complexity index is 756. The highest BCUT2D eigenvalue weighted by molar-refractivity contribution is 5.90. The molecule has 30 heavy (non-hydrogen) atoms. The minimum absolute atomic E-state index is 0.0451. The quantitative estimate of drug-likeness (QED) is 0.361. The van der Waals surface area contributed by atoms with Crippen molar-refractivity contribution in [3.05, 3.63) is 59.7 Å². The van der Waals surface area contributed by atoms with Crippen LogP contribution in [0.15, 0.2) is 48.5 Å². The largest absolute Gasteiger partial charge is 0.416 e. The lowest BCUT2D eigenvalue weighted by atomic mass is 10.1. The summed E-state index contributed by atoms with van der Waals surface area (Å²) in [5.41, 5.74) is 1.99. The maximum Gasteiger partial charge on any atom is 0.416 e. The number of aryl methyl sites for hydroxylation is 1. The van der Waals surface area contributed by atoms with Crippen LogP contribution in [0.2, 0.25) is 0 Å². The third-order valence-corrected chi connectivity index (χ3v) is 4.93. The van der Waals surface area contributed by atoms with Gasteiger partial charge in [-0.25, -0.2) is 0 Å². The number of alkyl halides is 3. The number of carbonyl (C=O) groups excluding carboxylic acids is 1. The molecule has 0 aromatic heterocycles. The van der Waals surface area contributed by atoms with Crippen molar-refractivity contribution < 1.29 is 18.0 Å². The van der Waals surface area contributed by atoms with Crippen LogP contribution in [-0.4, -0.2) is 12.5 Å². The Labute approximate surface area is 177 Å². The summed E-state index contributed by atoms with van der Waals surface area (Å²) in [5.74, 6) is 0.0451. The highest BCUT2D eigenvalue weighted by atomic mass is 19.4. The Morgan fingerprint density at radius 2 is 1.47 bits per heavy atom. The van der Waals surface area contributed by atoms with Gasteiger partial charge >= 0.3 is 6.18 Å². The predicted octanol–water partition coefficient (Wildman–Crippen LogP) is 7.05. The summed E-state index contributed by atoms with van der Waals surface area (Å²) in [5, 5.41) is 6.21. The van der Waals surface area contributed by atoms with Crippen LogP contribution in [0.5, 0.6) is 0 Å².